The normalized spacial score (nSPS) is 17.6. The summed E-state index contributed by atoms with van der Waals surface area (Å²) in [6, 6.07) is 13.3. The summed E-state index contributed by atoms with van der Waals surface area (Å²) in [4.78, 5) is 26.3. The SMILES string of the molecule is NC(=O)[C@H]1Cc2ccccc2CN1C(=O)[C@@H]([NH3+])Cc1ccc(O)cc1. The lowest BCUT2D eigenvalue weighted by molar-refractivity contribution is -0.405. The second kappa shape index (κ2) is 6.94. The molecule has 3 rings (SSSR count). The van der Waals surface area contributed by atoms with Gasteiger partial charge >= 0.3 is 0 Å². The highest BCUT2D eigenvalue weighted by atomic mass is 16.3. The number of phenols is 1. The Morgan fingerprint density at radius 1 is 1.16 bits per heavy atom. The first-order valence-electron chi connectivity index (χ1n) is 8.23. The monoisotopic (exact) mass is 340 g/mol. The van der Waals surface area contributed by atoms with E-state index >= 15 is 0 Å². The summed E-state index contributed by atoms with van der Waals surface area (Å²) in [5.74, 6) is -0.511. The molecule has 0 saturated heterocycles. The van der Waals surface area contributed by atoms with E-state index in [0.29, 0.717) is 19.4 Å². The number of carbonyl (C=O) groups excluding carboxylic acids is 2. The van der Waals surface area contributed by atoms with Gasteiger partial charge in [-0.2, -0.15) is 0 Å². The van der Waals surface area contributed by atoms with Gasteiger partial charge in [-0.05, 0) is 28.8 Å². The Hall–Kier alpha value is -2.86. The minimum absolute atomic E-state index is 0.178. The van der Waals surface area contributed by atoms with Gasteiger partial charge in [-0.3, -0.25) is 9.59 Å². The molecular formula is C19H22N3O3+. The molecule has 2 aromatic carbocycles. The Labute approximate surface area is 146 Å². The molecule has 2 atom stereocenters. The van der Waals surface area contributed by atoms with Crippen LogP contribution < -0.4 is 11.5 Å². The number of hydrogen-bond donors (Lipinski definition) is 3. The fraction of sp³-hybridized carbons (Fsp3) is 0.263. The van der Waals surface area contributed by atoms with Gasteiger partial charge in [0.05, 0.1) is 0 Å². The van der Waals surface area contributed by atoms with Crippen molar-refractivity contribution < 1.29 is 20.4 Å². The quantitative estimate of drug-likeness (QED) is 0.727. The maximum Gasteiger partial charge on any atom is 0.282 e. The van der Waals surface area contributed by atoms with Gasteiger partial charge in [0.15, 0.2) is 6.04 Å². The summed E-state index contributed by atoms with van der Waals surface area (Å²) in [6.07, 6.45) is 0.867. The summed E-state index contributed by atoms with van der Waals surface area (Å²) in [5.41, 5.74) is 12.5. The van der Waals surface area contributed by atoms with E-state index in [-0.39, 0.29) is 11.7 Å². The van der Waals surface area contributed by atoms with Crippen molar-refractivity contribution in [1.29, 1.82) is 0 Å². The zero-order valence-corrected chi connectivity index (χ0v) is 13.9. The molecule has 0 spiro atoms. The van der Waals surface area contributed by atoms with Crippen molar-refractivity contribution in [2.24, 2.45) is 5.73 Å². The first-order chi connectivity index (χ1) is 12.0. The number of aromatic hydroxyl groups is 1. The van der Waals surface area contributed by atoms with Crippen molar-refractivity contribution in [3.05, 3.63) is 65.2 Å². The molecule has 6 N–H and O–H groups in total. The van der Waals surface area contributed by atoms with E-state index in [2.05, 4.69) is 5.73 Å². The summed E-state index contributed by atoms with van der Waals surface area (Å²) in [5, 5.41) is 9.35. The average molecular weight is 340 g/mol. The van der Waals surface area contributed by atoms with Crippen LogP contribution in [0.2, 0.25) is 0 Å². The van der Waals surface area contributed by atoms with Gasteiger partial charge in [0.1, 0.15) is 11.8 Å². The van der Waals surface area contributed by atoms with E-state index in [4.69, 9.17) is 5.73 Å². The van der Waals surface area contributed by atoms with Crippen LogP contribution in [0.25, 0.3) is 0 Å². The predicted octanol–water partition coefficient (Wildman–Crippen LogP) is -0.0160. The van der Waals surface area contributed by atoms with Gasteiger partial charge < -0.3 is 21.5 Å². The topological polar surface area (TPSA) is 111 Å². The lowest BCUT2D eigenvalue weighted by Gasteiger charge is -2.35. The van der Waals surface area contributed by atoms with Gasteiger partial charge in [-0.1, -0.05) is 36.4 Å². The highest BCUT2D eigenvalue weighted by Crippen LogP contribution is 2.24. The van der Waals surface area contributed by atoms with Gasteiger partial charge in [0, 0.05) is 19.4 Å². The van der Waals surface area contributed by atoms with Crippen molar-refractivity contribution >= 4 is 11.8 Å². The van der Waals surface area contributed by atoms with Crippen LogP contribution in [0, 0.1) is 0 Å². The molecule has 2 aromatic rings. The van der Waals surface area contributed by atoms with Crippen LogP contribution in [0.5, 0.6) is 5.75 Å². The Balaban J connectivity index is 1.79. The molecule has 0 aliphatic carbocycles. The van der Waals surface area contributed by atoms with E-state index in [9.17, 15) is 14.7 Å². The molecule has 0 unspecified atom stereocenters. The van der Waals surface area contributed by atoms with Gasteiger partial charge in [0.2, 0.25) is 5.91 Å². The minimum Gasteiger partial charge on any atom is -0.508 e. The molecule has 0 radical (unpaired) electrons. The number of primary amides is 1. The van der Waals surface area contributed by atoms with E-state index in [1.807, 2.05) is 24.3 Å². The highest BCUT2D eigenvalue weighted by Gasteiger charge is 2.36. The van der Waals surface area contributed by atoms with Crippen LogP contribution in [0.15, 0.2) is 48.5 Å². The summed E-state index contributed by atoms with van der Waals surface area (Å²) < 4.78 is 0. The Morgan fingerprint density at radius 3 is 2.44 bits per heavy atom. The molecule has 25 heavy (non-hydrogen) atoms. The molecule has 130 valence electrons. The summed E-state index contributed by atoms with van der Waals surface area (Å²) >= 11 is 0. The molecule has 6 heteroatoms. The number of nitrogens with zero attached hydrogens (tertiary/aromatic N) is 1. The van der Waals surface area contributed by atoms with Crippen LogP contribution in [-0.4, -0.2) is 33.9 Å². The second-order valence-electron chi connectivity index (χ2n) is 6.42. The van der Waals surface area contributed by atoms with E-state index < -0.39 is 18.0 Å². The summed E-state index contributed by atoms with van der Waals surface area (Å²) in [7, 11) is 0. The van der Waals surface area contributed by atoms with Crippen molar-refractivity contribution in [2.45, 2.75) is 31.5 Å². The highest BCUT2D eigenvalue weighted by molar-refractivity contribution is 5.89. The maximum atomic E-state index is 12.9. The number of carbonyl (C=O) groups is 2. The molecule has 1 aliphatic heterocycles. The number of rotatable bonds is 4. The third kappa shape index (κ3) is 3.64. The number of quaternary nitrogens is 1. The lowest BCUT2D eigenvalue weighted by Crippen LogP contribution is -2.70. The van der Waals surface area contributed by atoms with Gasteiger partial charge in [-0.15, -0.1) is 0 Å². The largest absolute Gasteiger partial charge is 0.508 e. The molecule has 0 fully saturated rings. The fourth-order valence-electron chi connectivity index (χ4n) is 3.25. The average Bonchev–Trinajstić information content (AvgIpc) is 2.61. The van der Waals surface area contributed by atoms with Crippen molar-refractivity contribution in [3.8, 4) is 5.75 Å². The molecular weight excluding hydrogens is 318 g/mol. The molecule has 6 nitrogen and oxygen atoms in total. The molecule has 0 aromatic heterocycles. The minimum atomic E-state index is -0.647. The third-order valence-electron chi connectivity index (χ3n) is 4.63. The zero-order valence-electron chi connectivity index (χ0n) is 13.9. The molecule has 0 bridgehead atoms. The zero-order chi connectivity index (χ0) is 18.0. The van der Waals surface area contributed by atoms with E-state index in [1.165, 1.54) is 0 Å². The number of nitrogens with two attached hydrogens (primary N) is 1. The first kappa shape index (κ1) is 17.0. The third-order valence-corrected chi connectivity index (χ3v) is 4.63. The number of phenolic OH excluding ortho intramolecular Hbond substituents is 1. The number of amides is 2. The standard InChI is InChI=1S/C19H21N3O3/c20-16(9-12-5-7-15(23)8-6-12)19(25)22-11-14-4-2-1-3-13(14)10-17(22)18(21)24/h1-8,16-17,23H,9-11,20H2,(H2,21,24)/p+1/t16-,17+/m0/s1. The molecule has 0 saturated carbocycles. The van der Waals surface area contributed by atoms with Crippen LogP contribution in [0.4, 0.5) is 0 Å². The van der Waals surface area contributed by atoms with Crippen molar-refractivity contribution in [1.82, 2.24) is 4.90 Å². The van der Waals surface area contributed by atoms with Crippen LogP contribution in [-0.2, 0) is 29.0 Å². The number of benzene rings is 2. The fourth-order valence-corrected chi connectivity index (χ4v) is 3.25. The van der Waals surface area contributed by atoms with Crippen molar-refractivity contribution in [2.75, 3.05) is 0 Å². The van der Waals surface area contributed by atoms with Gasteiger partial charge in [-0.25, -0.2) is 0 Å². The second-order valence-corrected chi connectivity index (χ2v) is 6.42. The van der Waals surface area contributed by atoms with Crippen LogP contribution in [0.1, 0.15) is 16.7 Å². The summed E-state index contributed by atoms with van der Waals surface area (Å²) in [6.45, 7) is 0.365. The van der Waals surface area contributed by atoms with E-state index in [0.717, 1.165) is 16.7 Å². The van der Waals surface area contributed by atoms with Gasteiger partial charge in [0.25, 0.3) is 5.91 Å². The predicted molar refractivity (Wildman–Crippen MR) is 92.2 cm³/mol. The first-order valence-corrected chi connectivity index (χ1v) is 8.23. The number of hydrogen-bond acceptors (Lipinski definition) is 3. The molecule has 2 amide bonds. The smallest absolute Gasteiger partial charge is 0.282 e. The molecule has 1 heterocycles. The Morgan fingerprint density at radius 2 is 1.80 bits per heavy atom. The number of fused-ring (bicyclic) bond motifs is 1. The molecule has 1 aliphatic rings. The van der Waals surface area contributed by atoms with Crippen LogP contribution >= 0.6 is 0 Å². The van der Waals surface area contributed by atoms with E-state index in [1.54, 1.807) is 29.2 Å². The Kier molecular flexibility index (Phi) is 4.72. The van der Waals surface area contributed by atoms with Crippen LogP contribution in [0.3, 0.4) is 0 Å². The maximum absolute atomic E-state index is 12.9. The lowest BCUT2D eigenvalue weighted by atomic mass is 9.92. The Bertz CT molecular complexity index is 789. The van der Waals surface area contributed by atoms with Crippen molar-refractivity contribution in [3.63, 3.8) is 0 Å².